The molecule has 0 heterocycles. The van der Waals surface area contributed by atoms with Crippen LogP contribution in [0.2, 0.25) is 0 Å². The molecule has 6 heteroatoms. The second-order valence-electron chi connectivity index (χ2n) is 16.4. The van der Waals surface area contributed by atoms with E-state index >= 15 is 0 Å². The van der Waals surface area contributed by atoms with Gasteiger partial charge in [-0.2, -0.15) is 0 Å². The lowest BCUT2D eigenvalue weighted by molar-refractivity contribution is 0.0490. The summed E-state index contributed by atoms with van der Waals surface area (Å²) in [6.07, 6.45) is 10.6. The molecule has 63 heavy (non-hydrogen) atoms. The Morgan fingerprint density at radius 2 is 0.746 bits per heavy atom. The maximum absolute atomic E-state index is 6.22. The molecule has 7 rings (SSSR count). The summed E-state index contributed by atoms with van der Waals surface area (Å²) in [4.78, 5) is 4.68. The fourth-order valence-corrected chi connectivity index (χ4v) is 8.78. The van der Waals surface area contributed by atoms with E-state index in [0.717, 1.165) is 48.2 Å². The normalized spacial score (nSPS) is 12.9. The van der Waals surface area contributed by atoms with Crippen LogP contribution in [0.15, 0.2) is 133 Å². The molecule has 0 unspecified atom stereocenters. The predicted octanol–water partition coefficient (Wildman–Crippen LogP) is 13.3. The molecular weight excluding hydrogens is 777 g/mol. The molecule has 6 aromatic carbocycles. The zero-order valence-corrected chi connectivity index (χ0v) is 38.1. The predicted molar refractivity (Wildman–Crippen MR) is 266 cm³/mol. The van der Waals surface area contributed by atoms with Crippen LogP contribution >= 0.6 is 0 Å². The molecule has 0 saturated heterocycles. The first kappa shape index (κ1) is 45.3. The minimum atomic E-state index is -0.318. The van der Waals surface area contributed by atoms with Crippen LogP contribution in [0.3, 0.4) is 0 Å². The topological polar surface area (TPSA) is 43.4 Å². The van der Waals surface area contributed by atoms with Gasteiger partial charge in [-0.3, -0.25) is 0 Å². The van der Waals surface area contributed by atoms with Gasteiger partial charge in [-0.15, -0.1) is 0 Å². The number of fused-ring (bicyclic) bond motifs is 3. The van der Waals surface area contributed by atoms with Gasteiger partial charge in [0.2, 0.25) is 0 Å². The van der Waals surface area contributed by atoms with Gasteiger partial charge in [0.1, 0.15) is 0 Å². The number of hydrogen-bond acceptors (Lipinski definition) is 6. The Hall–Kier alpha value is -5.76. The Balaban J connectivity index is 1.17. The fraction of sp³-hybridized carbons (Fsp3) is 0.298. The van der Waals surface area contributed by atoms with Gasteiger partial charge in [-0.05, 0) is 134 Å². The number of hydrogen-bond donors (Lipinski definition) is 0. The quantitative estimate of drug-likeness (QED) is 0.0501. The van der Waals surface area contributed by atoms with E-state index in [9.17, 15) is 0 Å². The van der Waals surface area contributed by atoms with Gasteiger partial charge < -0.3 is 28.7 Å². The van der Waals surface area contributed by atoms with Gasteiger partial charge >= 0.3 is 0 Å². The van der Waals surface area contributed by atoms with Crippen LogP contribution < -0.4 is 9.80 Å². The number of benzene rings is 6. The van der Waals surface area contributed by atoms with Crippen LogP contribution in [0.1, 0.15) is 71.2 Å². The molecule has 0 amide bonds. The summed E-state index contributed by atoms with van der Waals surface area (Å²) >= 11 is 0. The molecule has 1 aliphatic carbocycles. The molecule has 326 valence electrons. The molecule has 0 fully saturated rings. The van der Waals surface area contributed by atoms with Crippen molar-refractivity contribution in [2.45, 2.75) is 46.0 Å². The summed E-state index contributed by atoms with van der Waals surface area (Å²) in [5.41, 5.74) is 16.8. The van der Waals surface area contributed by atoms with Gasteiger partial charge in [0.25, 0.3) is 0 Å². The summed E-state index contributed by atoms with van der Waals surface area (Å²) in [5.74, 6) is 0. The van der Waals surface area contributed by atoms with Crippen LogP contribution in [0, 0.1) is 13.8 Å². The summed E-state index contributed by atoms with van der Waals surface area (Å²) in [7, 11) is 3.43. The highest BCUT2D eigenvalue weighted by Crippen LogP contribution is 2.53. The van der Waals surface area contributed by atoms with Crippen LogP contribution in [0.4, 0.5) is 22.7 Å². The number of anilines is 4. The standard InChI is InChI=1S/C57H64N2O4/c1-7-58(49-23-9-43(3)10-24-49)51-27-17-45(18-28-51)13-15-47-21-31-53-54-32-22-48(16-14-46-19-29-52(30-20-46)59(8-2)50-25-11-44(4)12-26-50)42-56(54)57(55(53)41-47,33-35-62-39-37-60-5)34-36-63-40-38-61-6/h9-32,41-42H,7-8,33-40H2,1-6H3/b15-13+,16-14+. The van der Waals surface area contributed by atoms with Crippen LogP contribution in [0.25, 0.3) is 35.4 Å². The second-order valence-corrected chi connectivity index (χ2v) is 16.4. The van der Waals surface area contributed by atoms with E-state index < -0.39 is 0 Å². The lowest BCUT2D eigenvalue weighted by Gasteiger charge is -2.33. The summed E-state index contributed by atoms with van der Waals surface area (Å²) < 4.78 is 23.1. The van der Waals surface area contributed by atoms with Crippen molar-refractivity contribution in [2.24, 2.45) is 0 Å². The molecule has 0 spiro atoms. The third-order valence-corrected chi connectivity index (χ3v) is 12.3. The number of rotatable bonds is 22. The first-order chi connectivity index (χ1) is 30.8. The van der Waals surface area contributed by atoms with Crippen molar-refractivity contribution in [1.82, 2.24) is 0 Å². The van der Waals surface area contributed by atoms with E-state index in [4.69, 9.17) is 18.9 Å². The average Bonchev–Trinajstić information content (AvgIpc) is 3.57. The molecular formula is C57H64N2O4. The molecule has 0 aromatic heterocycles. The Labute approximate surface area is 376 Å². The fourth-order valence-electron chi connectivity index (χ4n) is 8.78. The highest BCUT2D eigenvalue weighted by atomic mass is 16.5. The maximum Gasteiger partial charge on any atom is 0.0700 e. The molecule has 6 nitrogen and oxygen atoms in total. The molecule has 0 atom stereocenters. The SMILES string of the molecule is CCN(c1ccc(C)cc1)c1ccc(/C=C/c2ccc3c(c2)C(CCOCCOC)(CCOCCOC)c2cc(/C=C/c4ccc(N(CC)c5ccc(C)cc5)cc4)ccc2-3)cc1. The van der Waals surface area contributed by atoms with Crippen molar-refractivity contribution in [3.8, 4) is 11.1 Å². The van der Waals surface area contributed by atoms with E-state index in [1.807, 2.05) is 0 Å². The monoisotopic (exact) mass is 840 g/mol. The van der Waals surface area contributed by atoms with E-state index in [1.54, 1.807) is 14.2 Å². The van der Waals surface area contributed by atoms with Gasteiger partial charge in [0, 0.05) is 68.7 Å². The summed E-state index contributed by atoms with van der Waals surface area (Å²) in [6.45, 7) is 13.9. The van der Waals surface area contributed by atoms with Crippen molar-refractivity contribution in [3.05, 3.63) is 178 Å². The van der Waals surface area contributed by atoms with E-state index in [2.05, 4.69) is 195 Å². The van der Waals surface area contributed by atoms with Gasteiger partial charge in [0.05, 0.1) is 26.4 Å². The zero-order valence-electron chi connectivity index (χ0n) is 38.1. The number of aryl methyl sites for hydroxylation is 2. The van der Waals surface area contributed by atoms with Crippen molar-refractivity contribution in [1.29, 1.82) is 0 Å². The molecule has 0 radical (unpaired) electrons. The highest BCUT2D eigenvalue weighted by Gasteiger charge is 2.43. The van der Waals surface area contributed by atoms with Gasteiger partial charge in [-0.1, -0.05) is 120 Å². The van der Waals surface area contributed by atoms with Crippen molar-refractivity contribution in [3.63, 3.8) is 0 Å². The molecule has 0 aliphatic heterocycles. The summed E-state index contributed by atoms with van der Waals surface area (Å²) in [6, 6.07) is 49.1. The molecule has 0 saturated carbocycles. The van der Waals surface area contributed by atoms with Crippen LogP contribution in [-0.2, 0) is 24.4 Å². The van der Waals surface area contributed by atoms with Gasteiger partial charge in [0.15, 0.2) is 0 Å². The number of nitrogens with zero attached hydrogens (tertiary/aromatic N) is 2. The largest absolute Gasteiger partial charge is 0.382 e. The zero-order chi connectivity index (χ0) is 44.0. The summed E-state index contributed by atoms with van der Waals surface area (Å²) in [5, 5.41) is 0. The first-order valence-electron chi connectivity index (χ1n) is 22.5. The Kier molecular flexibility index (Phi) is 15.8. The second kappa shape index (κ2) is 22.0. The Morgan fingerprint density at radius 1 is 0.413 bits per heavy atom. The minimum Gasteiger partial charge on any atom is -0.382 e. The van der Waals surface area contributed by atoms with E-state index in [0.29, 0.717) is 39.6 Å². The Morgan fingerprint density at radius 3 is 1.10 bits per heavy atom. The third kappa shape index (κ3) is 11.1. The average molecular weight is 841 g/mol. The van der Waals surface area contributed by atoms with E-state index in [1.165, 1.54) is 56.1 Å². The highest BCUT2D eigenvalue weighted by molar-refractivity contribution is 5.85. The van der Waals surface area contributed by atoms with Gasteiger partial charge in [-0.25, -0.2) is 0 Å². The van der Waals surface area contributed by atoms with E-state index in [-0.39, 0.29) is 5.41 Å². The van der Waals surface area contributed by atoms with Crippen LogP contribution in [-0.4, -0.2) is 67.0 Å². The Bertz CT molecular complexity index is 2250. The third-order valence-electron chi connectivity index (χ3n) is 12.3. The maximum atomic E-state index is 6.22. The molecule has 0 N–H and O–H groups in total. The molecule has 0 bridgehead atoms. The van der Waals surface area contributed by atoms with Crippen LogP contribution in [0.5, 0.6) is 0 Å². The van der Waals surface area contributed by atoms with Crippen molar-refractivity contribution >= 4 is 47.1 Å². The first-order valence-corrected chi connectivity index (χ1v) is 22.5. The lowest BCUT2D eigenvalue weighted by atomic mass is 9.72. The number of ether oxygens (including phenoxy) is 4. The number of methoxy groups -OCH3 is 2. The minimum absolute atomic E-state index is 0.318. The van der Waals surface area contributed by atoms with Crippen molar-refractivity contribution in [2.75, 3.05) is 76.8 Å². The van der Waals surface area contributed by atoms with Crippen molar-refractivity contribution < 1.29 is 18.9 Å². The smallest absolute Gasteiger partial charge is 0.0700 e. The lowest BCUT2D eigenvalue weighted by Crippen LogP contribution is -2.30. The molecule has 6 aromatic rings. The molecule has 1 aliphatic rings.